The van der Waals surface area contributed by atoms with E-state index < -0.39 is 0 Å². The summed E-state index contributed by atoms with van der Waals surface area (Å²) in [7, 11) is 1.64. The van der Waals surface area contributed by atoms with Crippen LogP contribution in [0.25, 0.3) is 0 Å². The minimum absolute atomic E-state index is 0.00740. The monoisotopic (exact) mass is 401 g/mol. The number of methoxy groups -OCH3 is 1. The Hall–Kier alpha value is -2.41. The van der Waals surface area contributed by atoms with E-state index in [0.717, 1.165) is 34.9 Å². The molecule has 0 bridgehead atoms. The number of piperidine rings is 1. The molecule has 1 saturated heterocycles. The maximum atomic E-state index is 12.6. The summed E-state index contributed by atoms with van der Waals surface area (Å²) in [6.07, 6.45) is 2.72. The highest BCUT2D eigenvalue weighted by Crippen LogP contribution is 2.19. The van der Waals surface area contributed by atoms with Gasteiger partial charge in [0.2, 0.25) is 11.8 Å². The molecular weight excluding hydrogens is 374 g/mol. The largest absolute Gasteiger partial charge is 0.497 e. The lowest BCUT2D eigenvalue weighted by Gasteiger charge is -2.32. The third-order valence-corrected chi connectivity index (χ3v) is 6.09. The first kappa shape index (κ1) is 20.3. The molecule has 0 aliphatic carbocycles. The lowest BCUT2D eigenvalue weighted by Crippen LogP contribution is -2.46. The van der Waals surface area contributed by atoms with Crippen molar-refractivity contribution in [2.45, 2.75) is 39.2 Å². The smallest absolute Gasteiger partial charge is 0.225 e. The third-order valence-electron chi connectivity index (χ3n) is 5.05. The highest BCUT2D eigenvalue weighted by molar-refractivity contribution is 7.09. The Morgan fingerprint density at radius 3 is 2.82 bits per heavy atom. The molecule has 2 heterocycles. The van der Waals surface area contributed by atoms with Crippen LogP contribution >= 0.6 is 11.3 Å². The first-order valence-electron chi connectivity index (χ1n) is 9.70. The normalized spacial score (nSPS) is 16.9. The number of carbonyl (C=O) groups excluding carboxylic acids is 2. The van der Waals surface area contributed by atoms with E-state index in [-0.39, 0.29) is 17.7 Å². The molecule has 0 radical (unpaired) electrons. The molecule has 28 heavy (non-hydrogen) atoms. The number of nitrogens with zero attached hydrogens (tertiary/aromatic N) is 2. The standard InChI is InChI=1S/C21H27N3O3S/c1-3-19-23-17(14-28-19)12-22-21(26)16-6-9-20(25)24(13-16)11-10-15-4-7-18(27-2)8-5-15/h4-5,7-8,14,16H,3,6,9-13H2,1-2H3,(H,22,26)/t16-/m0/s1. The van der Waals surface area contributed by atoms with E-state index in [0.29, 0.717) is 32.5 Å². The van der Waals surface area contributed by atoms with Crippen LogP contribution in [0.15, 0.2) is 29.6 Å². The van der Waals surface area contributed by atoms with Gasteiger partial charge in [-0.25, -0.2) is 4.98 Å². The molecule has 7 heteroatoms. The zero-order valence-corrected chi connectivity index (χ0v) is 17.3. The maximum absolute atomic E-state index is 12.6. The summed E-state index contributed by atoms with van der Waals surface area (Å²) in [5.74, 6) is 0.802. The van der Waals surface area contributed by atoms with Gasteiger partial charge in [-0.2, -0.15) is 0 Å². The van der Waals surface area contributed by atoms with Gasteiger partial charge in [0.25, 0.3) is 0 Å². The van der Waals surface area contributed by atoms with Crippen molar-refractivity contribution < 1.29 is 14.3 Å². The van der Waals surface area contributed by atoms with E-state index >= 15 is 0 Å². The molecule has 0 unspecified atom stereocenters. The zero-order valence-electron chi connectivity index (χ0n) is 16.4. The van der Waals surface area contributed by atoms with Crippen LogP contribution in [-0.4, -0.2) is 41.9 Å². The molecule has 1 aliphatic rings. The molecule has 1 aromatic heterocycles. The number of ether oxygens (including phenoxy) is 1. The van der Waals surface area contributed by atoms with E-state index in [1.165, 1.54) is 0 Å². The number of hydrogen-bond donors (Lipinski definition) is 1. The van der Waals surface area contributed by atoms with Crippen molar-refractivity contribution in [2.24, 2.45) is 5.92 Å². The van der Waals surface area contributed by atoms with Gasteiger partial charge in [0.1, 0.15) is 5.75 Å². The Labute approximate surface area is 169 Å². The molecule has 1 atom stereocenters. The van der Waals surface area contributed by atoms with Crippen molar-refractivity contribution in [3.8, 4) is 5.75 Å². The van der Waals surface area contributed by atoms with Gasteiger partial charge < -0.3 is 15.0 Å². The Morgan fingerprint density at radius 2 is 2.14 bits per heavy atom. The molecule has 150 valence electrons. The number of likely N-dealkylation sites (tertiary alicyclic amines) is 1. The van der Waals surface area contributed by atoms with Gasteiger partial charge >= 0.3 is 0 Å². The number of rotatable bonds is 8. The van der Waals surface area contributed by atoms with Gasteiger partial charge in [-0.15, -0.1) is 11.3 Å². The first-order chi connectivity index (χ1) is 13.6. The fourth-order valence-corrected chi connectivity index (χ4v) is 4.06. The lowest BCUT2D eigenvalue weighted by atomic mass is 9.96. The minimum Gasteiger partial charge on any atom is -0.497 e. The number of aryl methyl sites for hydroxylation is 1. The number of aromatic nitrogens is 1. The SMILES string of the molecule is CCc1nc(CNC(=O)[C@H]2CCC(=O)N(CCc3ccc(OC)cc3)C2)cs1. The third kappa shape index (κ3) is 5.32. The molecule has 1 N–H and O–H groups in total. The van der Waals surface area contributed by atoms with Crippen molar-refractivity contribution in [3.05, 3.63) is 45.9 Å². The summed E-state index contributed by atoms with van der Waals surface area (Å²) in [6.45, 7) is 3.63. The Bertz CT molecular complexity index is 803. The summed E-state index contributed by atoms with van der Waals surface area (Å²) in [5.41, 5.74) is 2.05. The van der Waals surface area contributed by atoms with Crippen LogP contribution < -0.4 is 10.1 Å². The van der Waals surface area contributed by atoms with Gasteiger partial charge in [-0.3, -0.25) is 9.59 Å². The van der Waals surface area contributed by atoms with E-state index in [9.17, 15) is 9.59 Å². The summed E-state index contributed by atoms with van der Waals surface area (Å²) in [6, 6.07) is 7.86. The van der Waals surface area contributed by atoms with Crippen molar-refractivity contribution in [3.63, 3.8) is 0 Å². The van der Waals surface area contributed by atoms with E-state index in [4.69, 9.17) is 4.74 Å². The van der Waals surface area contributed by atoms with Crippen LogP contribution in [0.1, 0.15) is 36.0 Å². The predicted molar refractivity (Wildman–Crippen MR) is 109 cm³/mol. The quantitative estimate of drug-likeness (QED) is 0.738. The van der Waals surface area contributed by atoms with Crippen molar-refractivity contribution in [1.82, 2.24) is 15.2 Å². The number of amides is 2. The fourth-order valence-electron chi connectivity index (χ4n) is 3.32. The Balaban J connectivity index is 1.49. The fraction of sp³-hybridized carbons (Fsp3) is 0.476. The van der Waals surface area contributed by atoms with Gasteiger partial charge in [0, 0.05) is 24.9 Å². The summed E-state index contributed by atoms with van der Waals surface area (Å²) >= 11 is 1.62. The molecule has 2 aromatic rings. The van der Waals surface area contributed by atoms with Gasteiger partial charge in [-0.05, 0) is 37.0 Å². The molecule has 0 saturated carbocycles. The number of nitrogens with one attached hydrogen (secondary N) is 1. The Kier molecular flexibility index (Phi) is 7.03. The predicted octanol–water partition coefficient (Wildman–Crippen LogP) is 2.81. The number of hydrogen-bond acceptors (Lipinski definition) is 5. The highest BCUT2D eigenvalue weighted by Gasteiger charge is 2.29. The topological polar surface area (TPSA) is 71.5 Å². The van der Waals surface area contributed by atoms with E-state index in [1.807, 2.05) is 34.5 Å². The van der Waals surface area contributed by atoms with Crippen LogP contribution in [0.3, 0.4) is 0 Å². The average molecular weight is 402 g/mol. The van der Waals surface area contributed by atoms with Crippen LogP contribution in [0, 0.1) is 5.92 Å². The second-order valence-electron chi connectivity index (χ2n) is 6.98. The molecule has 6 nitrogen and oxygen atoms in total. The maximum Gasteiger partial charge on any atom is 0.225 e. The number of benzene rings is 1. The van der Waals surface area contributed by atoms with Crippen molar-refractivity contribution in [2.75, 3.05) is 20.2 Å². The molecule has 1 aromatic carbocycles. The summed E-state index contributed by atoms with van der Waals surface area (Å²) in [5, 5.41) is 6.05. The first-order valence-corrected chi connectivity index (χ1v) is 10.6. The van der Waals surface area contributed by atoms with Crippen molar-refractivity contribution in [1.29, 1.82) is 0 Å². The van der Waals surface area contributed by atoms with Crippen LogP contribution in [0.5, 0.6) is 5.75 Å². The van der Waals surface area contributed by atoms with E-state index in [2.05, 4.69) is 17.2 Å². The second kappa shape index (κ2) is 9.68. The van der Waals surface area contributed by atoms with Gasteiger partial charge in [-0.1, -0.05) is 19.1 Å². The molecule has 1 fully saturated rings. The van der Waals surface area contributed by atoms with Crippen LogP contribution in [0.2, 0.25) is 0 Å². The van der Waals surface area contributed by atoms with Gasteiger partial charge in [0.15, 0.2) is 0 Å². The molecular formula is C21H27N3O3S. The number of thiazole rings is 1. The lowest BCUT2D eigenvalue weighted by molar-refractivity contribution is -0.138. The van der Waals surface area contributed by atoms with E-state index in [1.54, 1.807) is 18.4 Å². The Morgan fingerprint density at radius 1 is 1.36 bits per heavy atom. The molecule has 3 rings (SSSR count). The average Bonchev–Trinajstić information content (AvgIpc) is 3.20. The highest BCUT2D eigenvalue weighted by atomic mass is 32.1. The zero-order chi connectivity index (χ0) is 19.9. The minimum atomic E-state index is -0.155. The van der Waals surface area contributed by atoms with Crippen LogP contribution in [-0.2, 0) is 29.0 Å². The summed E-state index contributed by atoms with van der Waals surface area (Å²) < 4.78 is 5.17. The van der Waals surface area contributed by atoms with Crippen LogP contribution in [0.4, 0.5) is 0 Å². The molecule has 1 aliphatic heterocycles. The molecule has 2 amide bonds. The van der Waals surface area contributed by atoms with Gasteiger partial charge in [0.05, 0.1) is 30.3 Å². The number of carbonyl (C=O) groups is 2. The summed E-state index contributed by atoms with van der Waals surface area (Å²) in [4.78, 5) is 31.1. The van der Waals surface area contributed by atoms with Crippen molar-refractivity contribution >= 4 is 23.2 Å². The second-order valence-corrected chi connectivity index (χ2v) is 7.92. The molecule has 0 spiro atoms.